The summed E-state index contributed by atoms with van der Waals surface area (Å²) in [6, 6.07) is 16.0. The fourth-order valence-electron chi connectivity index (χ4n) is 5.41. The molecule has 2 aromatic rings. The van der Waals surface area contributed by atoms with Crippen LogP contribution in [-0.4, -0.2) is 71.9 Å². The first-order chi connectivity index (χ1) is 16.4. The van der Waals surface area contributed by atoms with Gasteiger partial charge in [-0.15, -0.1) is 0 Å². The number of rotatable bonds is 6. The topological polar surface area (TPSA) is 53.1 Å². The lowest BCUT2D eigenvalue weighted by Gasteiger charge is -2.44. The van der Waals surface area contributed by atoms with Crippen LogP contribution < -0.4 is 0 Å². The fraction of sp³-hybridized carbons (Fsp3) is 0.500. The number of piperazine rings is 1. The van der Waals surface area contributed by atoms with Gasteiger partial charge in [-0.1, -0.05) is 30.7 Å². The first-order valence-electron chi connectivity index (χ1n) is 12.5. The van der Waals surface area contributed by atoms with Crippen LogP contribution in [0, 0.1) is 0 Å². The van der Waals surface area contributed by atoms with E-state index in [1.165, 1.54) is 31.9 Å². The predicted octanol–water partition coefficient (Wildman–Crippen LogP) is 4.19. The van der Waals surface area contributed by atoms with Gasteiger partial charge in [0.15, 0.2) is 0 Å². The fourth-order valence-corrected chi connectivity index (χ4v) is 5.41. The molecular formula is C28H37N3O3. The molecule has 0 radical (unpaired) electrons. The molecular weight excluding hydrogens is 426 g/mol. The van der Waals surface area contributed by atoms with Crippen LogP contribution >= 0.6 is 0 Å². The molecule has 0 aromatic heterocycles. The number of benzene rings is 2. The van der Waals surface area contributed by atoms with Gasteiger partial charge in [0.1, 0.15) is 0 Å². The molecule has 2 atom stereocenters. The van der Waals surface area contributed by atoms with Crippen molar-refractivity contribution >= 4 is 11.9 Å². The van der Waals surface area contributed by atoms with Gasteiger partial charge >= 0.3 is 5.97 Å². The van der Waals surface area contributed by atoms with E-state index in [2.05, 4.69) is 40.7 Å². The Morgan fingerprint density at radius 1 is 0.824 bits per heavy atom. The molecule has 1 amide bonds. The molecule has 2 aliphatic heterocycles. The van der Waals surface area contributed by atoms with E-state index in [1.54, 1.807) is 0 Å². The van der Waals surface area contributed by atoms with Gasteiger partial charge in [0.25, 0.3) is 5.91 Å². The van der Waals surface area contributed by atoms with E-state index in [9.17, 15) is 9.59 Å². The average molecular weight is 464 g/mol. The number of hydrogen-bond donors (Lipinski definition) is 0. The number of hydrogen-bond acceptors (Lipinski definition) is 5. The van der Waals surface area contributed by atoms with Gasteiger partial charge in [0.05, 0.1) is 12.7 Å². The SMILES string of the molecule is COC(=O)c1ccc(CN2C[C@@H](C)N(C(=O)c3cccc(CN4CCCCC4)c3)[C@@H](C)C2)cc1. The summed E-state index contributed by atoms with van der Waals surface area (Å²) in [5.74, 6) is -0.191. The van der Waals surface area contributed by atoms with Crippen LogP contribution in [0.25, 0.3) is 0 Å². The lowest BCUT2D eigenvalue weighted by atomic mass is 10.0. The molecule has 2 heterocycles. The molecule has 0 aliphatic carbocycles. The van der Waals surface area contributed by atoms with E-state index in [1.807, 2.05) is 36.4 Å². The molecule has 2 aliphatic rings. The molecule has 2 fully saturated rings. The molecule has 0 saturated carbocycles. The molecule has 6 heteroatoms. The second-order valence-corrected chi connectivity index (χ2v) is 9.83. The van der Waals surface area contributed by atoms with Crippen LogP contribution in [0.2, 0.25) is 0 Å². The van der Waals surface area contributed by atoms with Crippen LogP contribution in [-0.2, 0) is 17.8 Å². The second-order valence-electron chi connectivity index (χ2n) is 9.83. The minimum atomic E-state index is -0.319. The Hall–Kier alpha value is -2.70. The third kappa shape index (κ3) is 5.86. The Labute approximate surface area is 203 Å². The highest BCUT2D eigenvalue weighted by Crippen LogP contribution is 2.22. The highest BCUT2D eigenvalue weighted by atomic mass is 16.5. The van der Waals surface area contributed by atoms with Gasteiger partial charge in [-0.2, -0.15) is 0 Å². The minimum Gasteiger partial charge on any atom is -0.465 e. The molecule has 0 unspecified atom stereocenters. The van der Waals surface area contributed by atoms with Crippen molar-refractivity contribution in [2.45, 2.75) is 58.3 Å². The zero-order valence-corrected chi connectivity index (χ0v) is 20.7. The molecule has 2 saturated heterocycles. The maximum atomic E-state index is 13.5. The van der Waals surface area contributed by atoms with Gasteiger partial charge in [0, 0.05) is 43.8 Å². The largest absolute Gasteiger partial charge is 0.465 e. The summed E-state index contributed by atoms with van der Waals surface area (Å²) in [5, 5.41) is 0. The number of methoxy groups -OCH3 is 1. The zero-order valence-electron chi connectivity index (χ0n) is 20.7. The summed E-state index contributed by atoms with van der Waals surface area (Å²) < 4.78 is 4.78. The summed E-state index contributed by atoms with van der Waals surface area (Å²) >= 11 is 0. The normalized spacial score (nSPS) is 21.9. The van der Waals surface area contributed by atoms with Crippen LogP contribution in [0.15, 0.2) is 48.5 Å². The molecule has 4 rings (SSSR count). The molecule has 0 bridgehead atoms. The smallest absolute Gasteiger partial charge is 0.337 e. The summed E-state index contributed by atoms with van der Waals surface area (Å²) in [6.45, 7) is 9.94. The van der Waals surface area contributed by atoms with Gasteiger partial charge < -0.3 is 9.64 Å². The van der Waals surface area contributed by atoms with Crippen molar-refractivity contribution in [3.63, 3.8) is 0 Å². The zero-order chi connectivity index (χ0) is 24.1. The van der Waals surface area contributed by atoms with Crippen molar-refractivity contribution in [3.8, 4) is 0 Å². The lowest BCUT2D eigenvalue weighted by molar-refractivity contribution is 0.0268. The Kier molecular flexibility index (Phi) is 8.01. The predicted molar refractivity (Wildman–Crippen MR) is 134 cm³/mol. The lowest BCUT2D eigenvalue weighted by Crippen LogP contribution is -2.58. The average Bonchev–Trinajstić information content (AvgIpc) is 2.84. The molecule has 2 aromatic carbocycles. The summed E-state index contributed by atoms with van der Waals surface area (Å²) in [7, 11) is 1.39. The Morgan fingerprint density at radius 3 is 2.12 bits per heavy atom. The second kappa shape index (κ2) is 11.2. The van der Waals surface area contributed by atoms with E-state index < -0.39 is 0 Å². The number of esters is 1. The third-order valence-electron chi connectivity index (χ3n) is 7.04. The highest BCUT2D eigenvalue weighted by Gasteiger charge is 2.33. The van der Waals surface area contributed by atoms with Crippen LogP contribution in [0.4, 0.5) is 0 Å². The number of ether oxygens (including phenoxy) is 1. The van der Waals surface area contributed by atoms with Gasteiger partial charge in [-0.25, -0.2) is 4.79 Å². The summed E-state index contributed by atoms with van der Waals surface area (Å²) in [6.07, 6.45) is 3.87. The number of likely N-dealkylation sites (tertiary alicyclic amines) is 1. The number of carbonyl (C=O) groups is 2. The Balaban J connectivity index is 1.38. The molecule has 0 N–H and O–H groups in total. The first kappa shape index (κ1) is 24.4. The Bertz CT molecular complexity index is 973. The number of amides is 1. The number of carbonyl (C=O) groups excluding carboxylic acids is 2. The van der Waals surface area contributed by atoms with Crippen molar-refractivity contribution < 1.29 is 14.3 Å². The van der Waals surface area contributed by atoms with E-state index in [-0.39, 0.29) is 24.0 Å². The van der Waals surface area contributed by atoms with E-state index in [4.69, 9.17) is 4.74 Å². The first-order valence-corrected chi connectivity index (χ1v) is 12.5. The van der Waals surface area contributed by atoms with E-state index in [0.717, 1.165) is 50.4 Å². The van der Waals surface area contributed by atoms with Gasteiger partial charge in [-0.05, 0) is 75.2 Å². The highest BCUT2D eigenvalue weighted by molar-refractivity contribution is 5.95. The van der Waals surface area contributed by atoms with Crippen LogP contribution in [0.5, 0.6) is 0 Å². The third-order valence-corrected chi connectivity index (χ3v) is 7.04. The summed E-state index contributed by atoms with van der Waals surface area (Å²) in [5.41, 5.74) is 3.73. The Morgan fingerprint density at radius 2 is 1.47 bits per heavy atom. The minimum absolute atomic E-state index is 0.122. The van der Waals surface area contributed by atoms with Crippen molar-refractivity contribution in [1.29, 1.82) is 0 Å². The molecule has 182 valence electrons. The van der Waals surface area contributed by atoms with Crippen LogP contribution in [0.3, 0.4) is 0 Å². The maximum Gasteiger partial charge on any atom is 0.337 e. The summed E-state index contributed by atoms with van der Waals surface area (Å²) in [4.78, 5) is 32.1. The van der Waals surface area contributed by atoms with E-state index >= 15 is 0 Å². The molecule has 34 heavy (non-hydrogen) atoms. The molecule has 6 nitrogen and oxygen atoms in total. The standard InChI is InChI=1S/C28H37N3O3/c1-21-17-30(19-23-10-12-25(13-11-23)28(33)34-3)18-22(2)31(21)27(32)26-9-7-8-24(16-26)20-29-14-5-4-6-15-29/h7-13,16,21-22H,4-6,14-15,17-20H2,1-3H3/t21-,22+. The number of nitrogens with zero attached hydrogens (tertiary/aromatic N) is 3. The van der Waals surface area contributed by atoms with E-state index in [0.29, 0.717) is 5.56 Å². The number of piperidine rings is 1. The monoisotopic (exact) mass is 463 g/mol. The van der Waals surface area contributed by atoms with Crippen molar-refractivity contribution in [2.75, 3.05) is 33.3 Å². The van der Waals surface area contributed by atoms with Crippen molar-refractivity contribution in [3.05, 3.63) is 70.8 Å². The van der Waals surface area contributed by atoms with Gasteiger partial charge in [0.2, 0.25) is 0 Å². The van der Waals surface area contributed by atoms with Crippen LogP contribution in [0.1, 0.15) is 65.0 Å². The van der Waals surface area contributed by atoms with Crippen molar-refractivity contribution in [2.24, 2.45) is 0 Å². The van der Waals surface area contributed by atoms with Crippen molar-refractivity contribution in [1.82, 2.24) is 14.7 Å². The molecule has 0 spiro atoms. The maximum absolute atomic E-state index is 13.5. The quantitative estimate of drug-likeness (QED) is 0.601. The van der Waals surface area contributed by atoms with Gasteiger partial charge in [-0.3, -0.25) is 14.6 Å².